The van der Waals surface area contributed by atoms with Gasteiger partial charge in [-0.05, 0) is 24.3 Å². The Labute approximate surface area is 130 Å². The first-order chi connectivity index (χ1) is 10.1. The number of anilines is 1. The van der Waals surface area contributed by atoms with Crippen molar-refractivity contribution in [3.8, 4) is 22.5 Å². The predicted molar refractivity (Wildman–Crippen MR) is 81.8 cm³/mol. The van der Waals surface area contributed by atoms with E-state index in [1.807, 2.05) is 0 Å². The highest BCUT2D eigenvalue weighted by atomic mass is 35.5. The summed E-state index contributed by atoms with van der Waals surface area (Å²) in [5, 5.41) is 4.67. The SMILES string of the molecule is Nc1noc(-c2cccc(F)c2)c1-c1ccc(Cl)cc1Cl. The van der Waals surface area contributed by atoms with Crippen LogP contribution in [0.1, 0.15) is 0 Å². The van der Waals surface area contributed by atoms with Gasteiger partial charge in [0.15, 0.2) is 11.6 Å². The van der Waals surface area contributed by atoms with Crippen LogP contribution in [-0.2, 0) is 0 Å². The summed E-state index contributed by atoms with van der Waals surface area (Å²) in [6.45, 7) is 0. The van der Waals surface area contributed by atoms with Crippen LogP contribution in [0.5, 0.6) is 0 Å². The topological polar surface area (TPSA) is 52.0 Å². The van der Waals surface area contributed by atoms with Crippen LogP contribution in [0.3, 0.4) is 0 Å². The van der Waals surface area contributed by atoms with Crippen molar-refractivity contribution in [3.05, 3.63) is 58.3 Å². The van der Waals surface area contributed by atoms with Crippen molar-refractivity contribution in [2.75, 3.05) is 5.73 Å². The summed E-state index contributed by atoms with van der Waals surface area (Å²) >= 11 is 12.1. The van der Waals surface area contributed by atoms with E-state index in [2.05, 4.69) is 5.16 Å². The molecule has 1 heterocycles. The molecule has 0 aliphatic heterocycles. The quantitative estimate of drug-likeness (QED) is 0.719. The fourth-order valence-corrected chi connectivity index (χ4v) is 2.58. The normalized spacial score (nSPS) is 10.8. The van der Waals surface area contributed by atoms with Gasteiger partial charge in [0.2, 0.25) is 0 Å². The molecule has 0 radical (unpaired) electrons. The second kappa shape index (κ2) is 5.39. The standard InChI is InChI=1S/C15H9Cl2FN2O/c16-9-4-5-11(12(17)7-9)13-14(21-20-15(13)19)8-2-1-3-10(18)6-8/h1-7H,(H2,19,20). The maximum atomic E-state index is 13.4. The summed E-state index contributed by atoms with van der Waals surface area (Å²) in [5.74, 6) is 0.158. The Kier molecular flexibility index (Phi) is 3.57. The van der Waals surface area contributed by atoms with E-state index >= 15 is 0 Å². The van der Waals surface area contributed by atoms with Crippen LogP contribution in [0.2, 0.25) is 10.0 Å². The van der Waals surface area contributed by atoms with Gasteiger partial charge in [0, 0.05) is 16.1 Å². The molecule has 0 aliphatic carbocycles. The van der Waals surface area contributed by atoms with Gasteiger partial charge in [-0.3, -0.25) is 0 Å². The van der Waals surface area contributed by atoms with Gasteiger partial charge in [-0.1, -0.05) is 46.6 Å². The average Bonchev–Trinajstić information content (AvgIpc) is 2.81. The Morgan fingerprint density at radius 2 is 1.90 bits per heavy atom. The van der Waals surface area contributed by atoms with E-state index < -0.39 is 0 Å². The Balaban J connectivity index is 2.22. The van der Waals surface area contributed by atoms with E-state index in [-0.39, 0.29) is 11.6 Å². The van der Waals surface area contributed by atoms with E-state index in [0.29, 0.717) is 32.5 Å². The number of hydrogen-bond donors (Lipinski definition) is 1. The monoisotopic (exact) mass is 322 g/mol. The minimum atomic E-state index is -0.379. The van der Waals surface area contributed by atoms with Gasteiger partial charge in [0.25, 0.3) is 0 Å². The molecule has 0 saturated heterocycles. The zero-order valence-corrected chi connectivity index (χ0v) is 12.1. The van der Waals surface area contributed by atoms with Crippen LogP contribution < -0.4 is 5.73 Å². The Morgan fingerprint density at radius 3 is 2.62 bits per heavy atom. The molecule has 0 bridgehead atoms. The number of hydrogen-bond acceptors (Lipinski definition) is 3. The van der Waals surface area contributed by atoms with Gasteiger partial charge in [-0.15, -0.1) is 0 Å². The first-order valence-corrected chi connectivity index (χ1v) is 6.78. The maximum Gasteiger partial charge on any atom is 0.177 e. The zero-order valence-electron chi connectivity index (χ0n) is 10.6. The zero-order chi connectivity index (χ0) is 15.0. The summed E-state index contributed by atoms with van der Waals surface area (Å²) in [6.07, 6.45) is 0. The summed E-state index contributed by atoms with van der Waals surface area (Å²) in [5.41, 5.74) is 7.53. The van der Waals surface area contributed by atoms with Crippen molar-refractivity contribution in [2.45, 2.75) is 0 Å². The fourth-order valence-electron chi connectivity index (χ4n) is 2.08. The third-order valence-electron chi connectivity index (χ3n) is 3.01. The molecule has 0 unspecified atom stereocenters. The lowest BCUT2D eigenvalue weighted by molar-refractivity contribution is 0.436. The summed E-state index contributed by atoms with van der Waals surface area (Å²) in [4.78, 5) is 0. The molecule has 0 fully saturated rings. The molecule has 1 aromatic heterocycles. The van der Waals surface area contributed by atoms with Crippen molar-refractivity contribution in [2.24, 2.45) is 0 Å². The van der Waals surface area contributed by atoms with Gasteiger partial charge in [-0.25, -0.2) is 4.39 Å². The van der Waals surface area contributed by atoms with Gasteiger partial charge in [-0.2, -0.15) is 0 Å². The van der Waals surface area contributed by atoms with Crippen molar-refractivity contribution in [1.82, 2.24) is 5.16 Å². The minimum absolute atomic E-state index is 0.179. The van der Waals surface area contributed by atoms with E-state index in [9.17, 15) is 4.39 Å². The van der Waals surface area contributed by atoms with Crippen LogP contribution in [-0.4, -0.2) is 5.16 Å². The van der Waals surface area contributed by atoms with Crippen LogP contribution in [0.15, 0.2) is 47.0 Å². The lowest BCUT2D eigenvalue weighted by Gasteiger charge is -2.06. The Bertz CT molecular complexity index is 817. The van der Waals surface area contributed by atoms with Crippen LogP contribution >= 0.6 is 23.2 Å². The second-order valence-electron chi connectivity index (χ2n) is 4.41. The Morgan fingerprint density at radius 1 is 1.10 bits per heavy atom. The molecule has 106 valence electrons. The number of halogens is 3. The third kappa shape index (κ3) is 2.60. The highest BCUT2D eigenvalue weighted by molar-refractivity contribution is 6.36. The highest BCUT2D eigenvalue weighted by Gasteiger charge is 2.20. The van der Waals surface area contributed by atoms with E-state index in [1.165, 1.54) is 12.1 Å². The van der Waals surface area contributed by atoms with Crippen molar-refractivity contribution >= 4 is 29.0 Å². The molecule has 0 amide bonds. The number of aromatic nitrogens is 1. The summed E-state index contributed by atoms with van der Waals surface area (Å²) < 4.78 is 18.6. The predicted octanol–water partition coefficient (Wildman–Crippen LogP) is 5.04. The molecule has 0 atom stereocenters. The molecule has 0 aliphatic rings. The maximum absolute atomic E-state index is 13.4. The van der Waals surface area contributed by atoms with E-state index in [4.69, 9.17) is 33.5 Å². The lowest BCUT2D eigenvalue weighted by atomic mass is 10.0. The van der Waals surface area contributed by atoms with Gasteiger partial charge in [0.1, 0.15) is 5.82 Å². The fraction of sp³-hybridized carbons (Fsp3) is 0. The number of nitrogen functional groups attached to an aromatic ring is 1. The molecular weight excluding hydrogens is 314 g/mol. The van der Waals surface area contributed by atoms with Gasteiger partial charge >= 0.3 is 0 Å². The van der Waals surface area contributed by atoms with Crippen molar-refractivity contribution in [1.29, 1.82) is 0 Å². The number of nitrogens with zero attached hydrogens (tertiary/aromatic N) is 1. The highest BCUT2D eigenvalue weighted by Crippen LogP contribution is 2.40. The van der Waals surface area contributed by atoms with Crippen molar-refractivity contribution in [3.63, 3.8) is 0 Å². The molecule has 0 spiro atoms. The molecule has 21 heavy (non-hydrogen) atoms. The average molecular weight is 323 g/mol. The van der Waals surface area contributed by atoms with E-state index in [1.54, 1.807) is 30.3 Å². The van der Waals surface area contributed by atoms with Gasteiger partial charge in [0.05, 0.1) is 10.6 Å². The third-order valence-corrected chi connectivity index (χ3v) is 3.55. The van der Waals surface area contributed by atoms with E-state index in [0.717, 1.165) is 0 Å². The molecule has 3 aromatic rings. The lowest BCUT2D eigenvalue weighted by Crippen LogP contribution is -1.90. The van der Waals surface area contributed by atoms with Crippen LogP contribution in [0.25, 0.3) is 22.5 Å². The number of rotatable bonds is 2. The molecule has 2 aromatic carbocycles. The molecule has 0 saturated carbocycles. The molecule has 6 heteroatoms. The Hall–Kier alpha value is -2.04. The van der Waals surface area contributed by atoms with Crippen LogP contribution in [0.4, 0.5) is 10.2 Å². The second-order valence-corrected chi connectivity index (χ2v) is 5.25. The first kappa shape index (κ1) is 13.9. The molecule has 3 rings (SSSR count). The molecular formula is C15H9Cl2FN2O. The minimum Gasteiger partial charge on any atom is -0.380 e. The summed E-state index contributed by atoms with van der Waals surface area (Å²) in [6, 6.07) is 11.0. The number of nitrogens with two attached hydrogens (primary N) is 1. The molecule has 2 N–H and O–H groups in total. The summed E-state index contributed by atoms with van der Waals surface area (Å²) in [7, 11) is 0. The molecule has 3 nitrogen and oxygen atoms in total. The largest absolute Gasteiger partial charge is 0.380 e. The van der Waals surface area contributed by atoms with Crippen molar-refractivity contribution < 1.29 is 8.91 Å². The van der Waals surface area contributed by atoms with Gasteiger partial charge < -0.3 is 10.3 Å². The first-order valence-electron chi connectivity index (χ1n) is 6.03. The smallest absolute Gasteiger partial charge is 0.177 e. The number of benzene rings is 2. The van der Waals surface area contributed by atoms with Crippen LogP contribution in [0, 0.1) is 5.82 Å².